The molecule has 0 aliphatic rings. The van der Waals surface area contributed by atoms with Crippen LogP contribution in [0.1, 0.15) is 16.8 Å². The molecule has 1 rings (SSSR count). The van der Waals surface area contributed by atoms with Crippen LogP contribution in [0, 0.1) is 19.3 Å². The molecule has 0 spiro atoms. The fourth-order valence-electron chi connectivity index (χ4n) is 1.30. The van der Waals surface area contributed by atoms with Crippen molar-refractivity contribution < 1.29 is 9.47 Å². The molecule has 0 aliphatic carbocycles. The van der Waals surface area contributed by atoms with Crippen LogP contribution in [0.5, 0.6) is 5.75 Å². The molecular weight excluding hydrogens is 178 g/mol. The van der Waals surface area contributed by atoms with Crippen LogP contribution in [0.2, 0.25) is 0 Å². The predicted octanol–water partition coefficient (Wildman–Crippen LogP) is 1.53. The van der Waals surface area contributed by atoms with Crippen LogP contribution in [0.3, 0.4) is 0 Å². The Morgan fingerprint density at radius 1 is 1.50 bits per heavy atom. The van der Waals surface area contributed by atoms with Gasteiger partial charge in [-0.05, 0) is 6.92 Å². The number of hydrogen-bond acceptors (Lipinski definition) is 3. The summed E-state index contributed by atoms with van der Waals surface area (Å²) >= 11 is 0. The van der Waals surface area contributed by atoms with E-state index in [1.165, 1.54) is 0 Å². The molecule has 0 fully saturated rings. The van der Waals surface area contributed by atoms with Crippen LogP contribution < -0.4 is 4.74 Å². The Bertz CT molecular complexity index is 366. The Labute approximate surface area is 84.1 Å². The van der Waals surface area contributed by atoms with Gasteiger partial charge in [0.2, 0.25) is 0 Å². The van der Waals surface area contributed by atoms with E-state index in [2.05, 4.69) is 10.9 Å². The number of hydrogen-bond donors (Lipinski definition) is 0. The highest BCUT2D eigenvalue weighted by atomic mass is 16.5. The second kappa shape index (κ2) is 4.64. The molecule has 1 heterocycles. The van der Waals surface area contributed by atoms with E-state index in [4.69, 9.17) is 15.9 Å². The molecule has 0 amide bonds. The lowest BCUT2D eigenvalue weighted by Crippen LogP contribution is -2.00. The highest BCUT2D eigenvalue weighted by molar-refractivity contribution is 5.51. The summed E-state index contributed by atoms with van der Waals surface area (Å²) in [5.74, 6) is 3.25. The maximum absolute atomic E-state index is 5.41. The van der Waals surface area contributed by atoms with Crippen molar-refractivity contribution in [3.63, 3.8) is 0 Å². The first-order valence-corrected chi connectivity index (χ1v) is 4.22. The van der Waals surface area contributed by atoms with Gasteiger partial charge < -0.3 is 9.47 Å². The fraction of sp³-hybridized carbons (Fsp3) is 0.364. The molecule has 0 bridgehead atoms. The minimum Gasteiger partial charge on any atom is -0.494 e. The average Bonchev–Trinajstić information content (AvgIpc) is 2.20. The van der Waals surface area contributed by atoms with Crippen molar-refractivity contribution in [3.05, 3.63) is 23.0 Å². The molecule has 1 aromatic heterocycles. The van der Waals surface area contributed by atoms with E-state index in [9.17, 15) is 0 Å². The summed E-state index contributed by atoms with van der Waals surface area (Å²) in [6, 6.07) is 0. The van der Waals surface area contributed by atoms with Crippen molar-refractivity contribution in [2.24, 2.45) is 0 Å². The third kappa shape index (κ3) is 1.86. The summed E-state index contributed by atoms with van der Waals surface area (Å²) in [4.78, 5) is 4.18. The van der Waals surface area contributed by atoms with E-state index in [-0.39, 0.29) is 0 Å². The second-order valence-electron chi connectivity index (χ2n) is 2.85. The summed E-state index contributed by atoms with van der Waals surface area (Å²) < 4.78 is 10.2. The predicted molar refractivity (Wildman–Crippen MR) is 54.2 cm³/mol. The van der Waals surface area contributed by atoms with E-state index in [1.54, 1.807) is 20.4 Å². The Morgan fingerprint density at radius 2 is 2.21 bits per heavy atom. The number of rotatable bonds is 3. The highest BCUT2D eigenvalue weighted by Gasteiger charge is 2.10. The zero-order chi connectivity index (χ0) is 10.6. The number of nitrogens with zero attached hydrogens (tertiary/aromatic N) is 1. The van der Waals surface area contributed by atoms with Gasteiger partial charge in [0, 0.05) is 18.9 Å². The molecule has 0 atom stereocenters. The van der Waals surface area contributed by atoms with Gasteiger partial charge in [-0.25, -0.2) is 0 Å². The maximum Gasteiger partial charge on any atom is 0.156 e. The zero-order valence-electron chi connectivity index (χ0n) is 8.63. The van der Waals surface area contributed by atoms with E-state index in [0.29, 0.717) is 12.4 Å². The molecule has 1 aromatic rings. The van der Waals surface area contributed by atoms with Gasteiger partial charge >= 0.3 is 0 Å². The third-order valence-electron chi connectivity index (χ3n) is 1.94. The normalized spacial score (nSPS) is 9.57. The lowest BCUT2D eigenvalue weighted by atomic mass is 10.1. The number of ether oxygens (including phenoxy) is 2. The summed E-state index contributed by atoms with van der Waals surface area (Å²) in [6.45, 7) is 2.30. The Kier molecular flexibility index (Phi) is 3.49. The molecule has 0 aliphatic heterocycles. The molecule has 0 radical (unpaired) electrons. The molecule has 74 valence electrons. The van der Waals surface area contributed by atoms with Gasteiger partial charge in [-0.2, -0.15) is 0 Å². The average molecular weight is 191 g/mol. The largest absolute Gasteiger partial charge is 0.494 e. The van der Waals surface area contributed by atoms with E-state index >= 15 is 0 Å². The van der Waals surface area contributed by atoms with Gasteiger partial charge in [-0.15, -0.1) is 6.42 Å². The summed E-state index contributed by atoms with van der Waals surface area (Å²) in [5.41, 5.74) is 2.39. The summed E-state index contributed by atoms with van der Waals surface area (Å²) in [6.07, 6.45) is 7.13. The minimum absolute atomic E-state index is 0.448. The maximum atomic E-state index is 5.41. The summed E-state index contributed by atoms with van der Waals surface area (Å²) in [7, 11) is 3.20. The lowest BCUT2D eigenvalue weighted by Gasteiger charge is -2.10. The van der Waals surface area contributed by atoms with Crippen LogP contribution >= 0.6 is 0 Å². The van der Waals surface area contributed by atoms with E-state index in [0.717, 1.165) is 16.8 Å². The lowest BCUT2D eigenvalue weighted by molar-refractivity contribution is 0.184. The standard InChI is InChI=1S/C11H13NO2/c1-5-10-9(7-13-3)6-12-8(2)11(10)14-4/h1,6H,7H2,2-4H3. The minimum atomic E-state index is 0.448. The Morgan fingerprint density at radius 3 is 2.71 bits per heavy atom. The Hall–Kier alpha value is -1.53. The van der Waals surface area contributed by atoms with Gasteiger partial charge in [0.1, 0.15) is 0 Å². The van der Waals surface area contributed by atoms with Gasteiger partial charge in [0.15, 0.2) is 5.75 Å². The molecular formula is C11H13NO2. The first kappa shape index (κ1) is 10.6. The number of terminal acetylenes is 1. The van der Waals surface area contributed by atoms with Crippen LogP contribution in [0.25, 0.3) is 0 Å². The van der Waals surface area contributed by atoms with Crippen molar-refractivity contribution in [2.45, 2.75) is 13.5 Å². The van der Waals surface area contributed by atoms with Crippen molar-refractivity contribution in [3.8, 4) is 18.1 Å². The molecule has 3 heteroatoms. The topological polar surface area (TPSA) is 31.4 Å². The number of aromatic nitrogens is 1. The number of aryl methyl sites for hydroxylation is 1. The molecule has 0 aromatic carbocycles. The van der Waals surface area contributed by atoms with Crippen molar-refractivity contribution in [1.82, 2.24) is 4.98 Å². The van der Waals surface area contributed by atoms with Crippen LogP contribution in [-0.2, 0) is 11.3 Å². The molecule has 0 N–H and O–H groups in total. The van der Waals surface area contributed by atoms with Crippen LogP contribution in [0.15, 0.2) is 6.20 Å². The van der Waals surface area contributed by atoms with Crippen molar-refractivity contribution >= 4 is 0 Å². The molecule has 3 nitrogen and oxygen atoms in total. The molecule has 14 heavy (non-hydrogen) atoms. The first-order chi connectivity index (χ1) is 6.74. The van der Waals surface area contributed by atoms with Gasteiger partial charge in [-0.3, -0.25) is 4.98 Å². The smallest absolute Gasteiger partial charge is 0.156 e. The Balaban J connectivity index is 3.27. The zero-order valence-corrected chi connectivity index (χ0v) is 8.63. The monoisotopic (exact) mass is 191 g/mol. The van der Waals surface area contributed by atoms with Crippen LogP contribution in [-0.4, -0.2) is 19.2 Å². The SMILES string of the molecule is C#Cc1c(COC)cnc(C)c1OC. The number of methoxy groups -OCH3 is 2. The molecule has 0 saturated heterocycles. The second-order valence-corrected chi connectivity index (χ2v) is 2.85. The van der Waals surface area contributed by atoms with E-state index < -0.39 is 0 Å². The van der Waals surface area contributed by atoms with Gasteiger partial charge in [-0.1, -0.05) is 5.92 Å². The van der Waals surface area contributed by atoms with E-state index in [1.807, 2.05) is 6.92 Å². The fourth-order valence-corrected chi connectivity index (χ4v) is 1.30. The van der Waals surface area contributed by atoms with Crippen molar-refractivity contribution in [1.29, 1.82) is 0 Å². The highest BCUT2D eigenvalue weighted by Crippen LogP contribution is 2.24. The first-order valence-electron chi connectivity index (χ1n) is 4.22. The molecule has 0 unspecified atom stereocenters. The number of pyridine rings is 1. The summed E-state index contributed by atoms with van der Waals surface area (Å²) in [5, 5.41) is 0. The van der Waals surface area contributed by atoms with Crippen molar-refractivity contribution in [2.75, 3.05) is 14.2 Å². The third-order valence-corrected chi connectivity index (χ3v) is 1.94. The molecule has 0 saturated carbocycles. The van der Waals surface area contributed by atoms with Crippen LogP contribution in [0.4, 0.5) is 0 Å². The van der Waals surface area contributed by atoms with Gasteiger partial charge in [0.25, 0.3) is 0 Å². The quantitative estimate of drug-likeness (QED) is 0.679. The van der Waals surface area contributed by atoms with Gasteiger partial charge in [0.05, 0.1) is 25.0 Å².